The first-order valence-corrected chi connectivity index (χ1v) is 9.45. The second-order valence-corrected chi connectivity index (χ2v) is 7.49. The van der Waals surface area contributed by atoms with Crippen molar-refractivity contribution in [3.05, 3.63) is 0 Å². The minimum atomic E-state index is 0.371. The van der Waals surface area contributed by atoms with Gasteiger partial charge in [-0.2, -0.15) is 0 Å². The van der Waals surface area contributed by atoms with Gasteiger partial charge in [0, 0.05) is 24.5 Å². The molecule has 2 atom stereocenters. The van der Waals surface area contributed by atoms with Gasteiger partial charge in [-0.3, -0.25) is 9.69 Å². The van der Waals surface area contributed by atoms with Crippen LogP contribution in [-0.4, -0.2) is 28.8 Å². The topological polar surface area (TPSA) is 20.3 Å². The summed E-state index contributed by atoms with van der Waals surface area (Å²) in [4.78, 5) is 14.3. The van der Waals surface area contributed by atoms with Gasteiger partial charge in [-0.25, -0.2) is 0 Å². The number of nitrogens with zero attached hydrogens (tertiary/aromatic N) is 1. The van der Waals surface area contributed by atoms with Gasteiger partial charge in [0.25, 0.3) is 0 Å². The number of rotatable bonds is 3. The van der Waals surface area contributed by atoms with Crippen molar-refractivity contribution in [2.75, 3.05) is 0 Å². The lowest BCUT2D eigenvalue weighted by molar-refractivity contribution is -0.118. The molecular weight excluding hydrogens is 258 g/mol. The first kappa shape index (κ1) is 17.0. The Bertz CT molecular complexity index is 303. The Kier molecular flexibility index (Phi) is 7.22. The molecule has 0 aromatic rings. The van der Waals surface area contributed by atoms with Crippen molar-refractivity contribution < 1.29 is 4.79 Å². The fourth-order valence-electron chi connectivity index (χ4n) is 4.55. The van der Waals surface area contributed by atoms with Crippen molar-refractivity contribution in [1.29, 1.82) is 0 Å². The average Bonchev–Trinajstić information content (AvgIpc) is 2.75. The van der Waals surface area contributed by atoms with Gasteiger partial charge in [0.1, 0.15) is 5.78 Å². The summed E-state index contributed by atoms with van der Waals surface area (Å²) in [6, 6.07) is 1.96. The highest BCUT2D eigenvalue weighted by Gasteiger charge is 2.35. The molecule has 21 heavy (non-hydrogen) atoms. The molecule has 1 saturated carbocycles. The zero-order chi connectivity index (χ0) is 15.1. The predicted octanol–water partition coefficient (Wildman–Crippen LogP) is 5.10. The summed E-state index contributed by atoms with van der Waals surface area (Å²) < 4.78 is 0. The number of Topliss-reactive ketones (excluding diaryl/α,β-unsaturated/α-hetero) is 1. The van der Waals surface area contributed by atoms with Gasteiger partial charge >= 0.3 is 0 Å². The summed E-state index contributed by atoms with van der Waals surface area (Å²) in [5.74, 6) is 0.371. The van der Waals surface area contributed by atoms with Crippen LogP contribution in [-0.2, 0) is 4.79 Å². The van der Waals surface area contributed by atoms with Crippen LogP contribution in [0.3, 0.4) is 0 Å². The van der Waals surface area contributed by atoms with E-state index in [1.807, 2.05) is 0 Å². The molecule has 0 radical (unpaired) electrons. The number of hydrogen-bond acceptors (Lipinski definition) is 2. The SMILES string of the molecule is CC(=O)CC1CCC(C)N1C1CCCCCCCCCC1. The zero-order valence-electron chi connectivity index (χ0n) is 14.3. The molecule has 0 spiro atoms. The van der Waals surface area contributed by atoms with Crippen LogP contribution in [0.4, 0.5) is 0 Å². The molecule has 0 bridgehead atoms. The summed E-state index contributed by atoms with van der Waals surface area (Å²) in [6.45, 7) is 4.14. The molecule has 2 rings (SSSR count). The molecule has 0 aromatic carbocycles. The fraction of sp³-hybridized carbons (Fsp3) is 0.947. The largest absolute Gasteiger partial charge is 0.300 e. The van der Waals surface area contributed by atoms with Crippen molar-refractivity contribution >= 4 is 5.78 Å². The van der Waals surface area contributed by atoms with Crippen LogP contribution in [0.5, 0.6) is 0 Å². The first-order valence-electron chi connectivity index (χ1n) is 9.45. The Morgan fingerprint density at radius 3 is 1.90 bits per heavy atom. The Morgan fingerprint density at radius 2 is 1.38 bits per heavy atom. The molecule has 2 aliphatic rings. The monoisotopic (exact) mass is 293 g/mol. The molecule has 2 heteroatoms. The highest BCUT2D eigenvalue weighted by Crippen LogP contribution is 2.33. The molecular formula is C19H35NO. The van der Waals surface area contributed by atoms with Crippen molar-refractivity contribution in [2.45, 2.75) is 115 Å². The van der Waals surface area contributed by atoms with E-state index in [-0.39, 0.29) is 0 Å². The van der Waals surface area contributed by atoms with E-state index in [9.17, 15) is 4.79 Å². The molecule has 1 aliphatic heterocycles. The Hall–Kier alpha value is -0.370. The van der Waals surface area contributed by atoms with Gasteiger partial charge in [-0.15, -0.1) is 0 Å². The predicted molar refractivity (Wildman–Crippen MR) is 89.6 cm³/mol. The Balaban J connectivity index is 1.97. The number of ketones is 1. The molecule has 0 amide bonds. The number of likely N-dealkylation sites (tertiary alicyclic amines) is 1. The van der Waals surface area contributed by atoms with E-state index in [0.717, 1.165) is 12.5 Å². The molecule has 0 N–H and O–H groups in total. The van der Waals surface area contributed by atoms with Gasteiger partial charge in [0.05, 0.1) is 0 Å². The van der Waals surface area contributed by atoms with E-state index in [2.05, 4.69) is 11.8 Å². The van der Waals surface area contributed by atoms with Crippen LogP contribution < -0.4 is 0 Å². The van der Waals surface area contributed by atoms with Gasteiger partial charge in [-0.1, -0.05) is 51.4 Å². The summed E-state index contributed by atoms with van der Waals surface area (Å²) in [7, 11) is 0. The fourth-order valence-corrected chi connectivity index (χ4v) is 4.55. The second-order valence-electron chi connectivity index (χ2n) is 7.49. The molecule has 1 heterocycles. The molecule has 2 unspecified atom stereocenters. The van der Waals surface area contributed by atoms with Gasteiger partial charge in [0.15, 0.2) is 0 Å². The third-order valence-corrected chi connectivity index (χ3v) is 5.62. The van der Waals surface area contributed by atoms with E-state index in [0.29, 0.717) is 17.9 Å². The quantitative estimate of drug-likeness (QED) is 0.721. The van der Waals surface area contributed by atoms with Gasteiger partial charge in [-0.05, 0) is 39.5 Å². The van der Waals surface area contributed by atoms with E-state index >= 15 is 0 Å². The smallest absolute Gasteiger partial charge is 0.131 e. The number of carbonyl (C=O) groups excluding carboxylic acids is 1. The Morgan fingerprint density at radius 1 is 0.857 bits per heavy atom. The zero-order valence-corrected chi connectivity index (χ0v) is 14.3. The molecule has 0 aromatic heterocycles. The summed E-state index contributed by atoms with van der Waals surface area (Å²) in [6.07, 6.45) is 17.4. The van der Waals surface area contributed by atoms with E-state index < -0.39 is 0 Å². The van der Waals surface area contributed by atoms with Crippen LogP contribution in [0.15, 0.2) is 0 Å². The van der Waals surface area contributed by atoms with Crippen molar-refractivity contribution in [2.24, 2.45) is 0 Å². The molecule has 1 aliphatic carbocycles. The van der Waals surface area contributed by atoms with Crippen LogP contribution in [0.2, 0.25) is 0 Å². The van der Waals surface area contributed by atoms with Crippen LogP contribution in [0, 0.1) is 0 Å². The van der Waals surface area contributed by atoms with Crippen LogP contribution in [0.25, 0.3) is 0 Å². The lowest BCUT2D eigenvalue weighted by Gasteiger charge is -2.36. The summed E-state index contributed by atoms with van der Waals surface area (Å²) in [5.41, 5.74) is 0. The average molecular weight is 293 g/mol. The summed E-state index contributed by atoms with van der Waals surface area (Å²) >= 11 is 0. The van der Waals surface area contributed by atoms with Gasteiger partial charge in [0.2, 0.25) is 0 Å². The maximum absolute atomic E-state index is 11.6. The third kappa shape index (κ3) is 5.39. The molecule has 122 valence electrons. The van der Waals surface area contributed by atoms with E-state index in [4.69, 9.17) is 0 Å². The first-order chi connectivity index (χ1) is 10.2. The third-order valence-electron chi connectivity index (χ3n) is 5.62. The lowest BCUT2D eigenvalue weighted by Crippen LogP contribution is -2.43. The molecule has 1 saturated heterocycles. The number of carbonyl (C=O) groups is 1. The summed E-state index contributed by atoms with van der Waals surface area (Å²) in [5, 5.41) is 0. The highest BCUT2D eigenvalue weighted by molar-refractivity contribution is 5.76. The molecule has 2 nitrogen and oxygen atoms in total. The Labute approximate surface area is 131 Å². The molecule has 2 fully saturated rings. The highest BCUT2D eigenvalue weighted by atomic mass is 16.1. The number of hydrogen-bond donors (Lipinski definition) is 0. The van der Waals surface area contributed by atoms with E-state index in [1.54, 1.807) is 6.92 Å². The van der Waals surface area contributed by atoms with Crippen LogP contribution >= 0.6 is 0 Å². The normalized spacial score (nSPS) is 31.0. The minimum Gasteiger partial charge on any atom is -0.300 e. The van der Waals surface area contributed by atoms with Crippen molar-refractivity contribution in [3.8, 4) is 0 Å². The van der Waals surface area contributed by atoms with Crippen LogP contribution in [0.1, 0.15) is 97.3 Å². The standard InChI is InChI=1S/C19H35NO/c1-16-13-14-19(15-17(2)21)20(16)18-11-9-7-5-3-4-6-8-10-12-18/h16,18-19H,3-15H2,1-2H3. The van der Waals surface area contributed by atoms with Crippen molar-refractivity contribution in [1.82, 2.24) is 4.90 Å². The maximum Gasteiger partial charge on any atom is 0.131 e. The van der Waals surface area contributed by atoms with E-state index in [1.165, 1.54) is 77.0 Å². The van der Waals surface area contributed by atoms with Gasteiger partial charge < -0.3 is 0 Å². The maximum atomic E-state index is 11.6. The second kappa shape index (κ2) is 8.92. The van der Waals surface area contributed by atoms with Crippen molar-refractivity contribution in [3.63, 3.8) is 0 Å². The lowest BCUT2D eigenvalue weighted by atomic mass is 9.98. The minimum absolute atomic E-state index is 0.371.